The maximum atomic E-state index is 14.3. The van der Waals surface area contributed by atoms with Gasteiger partial charge in [-0.15, -0.1) is 10.2 Å². The zero-order valence-electron chi connectivity index (χ0n) is 24.5. The number of nitrogens with one attached hydrogen (secondary N) is 1. The number of benzene rings is 2. The average molecular weight is 573 g/mol. The Hall–Kier alpha value is -4.34. The number of nitrogens with two attached hydrogens (primary N) is 1. The molecule has 2 saturated heterocycles. The van der Waals surface area contributed by atoms with E-state index >= 15 is 0 Å². The number of aromatic nitrogens is 2. The van der Waals surface area contributed by atoms with Gasteiger partial charge in [0.05, 0.1) is 16.8 Å². The van der Waals surface area contributed by atoms with E-state index in [0.29, 0.717) is 68.9 Å². The Kier molecular flexibility index (Phi) is 8.24. The van der Waals surface area contributed by atoms with E-state index in [1.54, 1.807) is 18.2 Å². The first-order valence-corrected chi connectivity index (χ1v) is 14.6. The molecule has 222 valence electrons. The summed E-state index contributed by atoms with van der Waals surface area (Å²) in [5.41, 5.74) is 7.94. The average Bonchev–Trinajstić information content (AvgIpc) is 2.97. The summed E-state index contributed by atoms with van der Waals surface area (Å²) in [6.45, 7) is 7.88. The van der Waals surface area contributed by atoms with Gasteiger partial charge >= 0.3 is 6.09 Å². The maximum Gasteiger partial charge on any atom is 0.407 e. The summed E-state index contributed by atoms with van der Waals surface area (Å²) in [5, 5.41) is 21.7. The van der Waals surface area contributed by atoms with Gasteiger partial charge in [0.15, 0.2) is 5.82 Å². The number of nitrogen functional groups attached to an aromatic ring is 1. The number of para-hydroxylation sites is 1. The number of anilines is 2. The quantitative estimate of drug-likeness (QED) is 0.407. The van der Waals surface area contributed by atoms with Crippen molar-refractivity contribution in [3.05, 3.63) is 66.2 Å². The third-order valence-corrected chi connectivity index (χ3v) is 8.18. The van der Waals surface area contributed by atoms with Gasteiger partial charge in [-0.05, 0) is 70.2 Å². The van der Waals surface area contributed by atoms with Crippen molar-refractivity contribution in [2.75, 3.05) is 36.8 Å². The highest BCUT2D eigenvalue weighted by Gasteiger charge is 2.46. The molecule has 1 aromatic heterocycles. The summed E-state index contributed by atoms with van der Waals surface area (Å²) in [4.78, 5) is 30.7. The fourth-order valence-electron chi connectivity index (χ4n) is 5.98. The molecule has 4 N–H and O–H groups in total. The number of phenols is 1. The lowest BCUT2D eigenvalue weighted by Gasteiger charge is -2.45. The minimum Gasteiger partial charge on any atom is -0.507 e. The van der Waals surface area contributed by atoms with Crippen LogP contribution in [0.25, 0.3) is 11.3 Å². The summed E-state index contributed by atoms with van der Waals surface area (Å²) in [7, 11) is 0. The van der Waals surface area contributed by atoms with Gasteiger partial charge in [-0.3, -0.25) is 4.79 Å². The molecule has 2 aromatic carbocycles. The van der Waals surface area contributed by atoms with Gasteiger partial charge in [-0.2, -0.15) is 0 Å². The van der Waals surface area contributed by atoms with Crippen molar-refractivity contribution < 1.29 is 19.4 Å². The zero-order chi connectivity index (χ0) is 29.9. The number of piperidine rings is 2. The topological polar surface area (TPSA) is 134 Å². The van der Waals surface area contributed by atoms with Crippen LogP contribution in [0.1, 0.15) is 52.0 Å². The van der Waals surface area contributed by atoms with E-state index in [1.165, 1.54) is 0 Å². The van der Waals surface area contributed by atoms with Crippen LogP contribution in [0.15, 0.2) is 60.7 Å². The number of hydrogen-bond acceptors (Lipinski definition) is 8. The van der Waals surface area contributed by atoms with Crippen molar-refractivity contribution in [3.8, 4) is 17.0 Å². The summed E-state index contributed by atoms with van der Waals surface area (Å²) in [6.07, 6.45) is 2.15. The minimum absolute atomic E-state index is 0.0289. The number of phenolic OH excluding ortho intramolecular Hbond substituents is 1. The van der Waals surface area contributed by atoms with E-state index in [2.05, 4.69) is 20.4 Å². The van der Waals surface area contributed by atoms with Crippen molar-refractivity contribution in [2.45, 2.75) is 63.5 Å². The molecule has 0 radical (unpaired) electrons. The Bertz CT molecular complexity index is 1410. The van der Waals surface area contributed by atoms with Crippen LogP contribution >= 0.6 is 0 Å². The SMILES string of the molecule is CC(C)(C)OC(=O)NC1CCN(C(=O)C2(c3ccccc3)CCN(c3cc(-c4ccccc4O)nnc3N)CC2)CC1. The lowest BCUT2D eigenvalue weighted by Crippen LogP contribution is -2.56. The van der Waals surface area contributed by atoms with Crippen LogP contribution in [0.3, 0.4) is 0 Å². The number of rotatable bonds is 5. The molecule has 0 spiro atoms. The fourth-order valence-corrected chi connectivity index (χ4v) is 5.98. The maximum absolute atomic E-state index is 14.3. The van der Waals surface area contributed by atoms with Crippen molar-refractivity contribution >= 4 is 23.5 Å². The number of ether oxygens (including phenoxy) is 1. The molecule has 2 amide bonds. The van der Waals surface area contributed by atoms with Crippen LogP contribution in [-0.2, 0) is 14.9 Å². The lowest BCUT2D eigenvalue weighted by atomic mass is 9.71. The molecular formula is C32H40N6O4. The Morgan fingerprint density at radius 2 is 1.62 bits per heavy atom. The number of hydrogen-bond donors (Lipinski definition) is 3. The van der Waals surface area contributed by atoms with Crippen LogP contribution < -0.4 is 16.0 Å². The molecule has 0 aliphatic carbocycles. The second kappa shape index (κ2) is 11.9. The number of carbonyl (C=O) groups is 2. The zero-order valence-corrected chi connectivity index (χ0v) is 24.5. The Balaban J connectivity index is 1.31. The number of amides is 2. The van der Waals surface area contributed by atoms with Gasteiger partial charge in [0, 0.05) is 37.8 Å². The molecule has 3 aromatic rings. The second-order valence-corrected chi connectivity index (χ2v) is 12.2. The highest BCUT2D eigenvalue weighted by Crippen LogP contribution is 2.41. The van der Waals surface area contributed by atoms with Gasteiger partial charge in [0.25, 0.3) is 0 Å². The molecule has 0 saturated carbocycles. The standard InChI is InChI=1S/C32H40N6O4/c1-31(2,3)42-30(41)34-23-13-17-38(18-14-23)29(40)32(22-9-5-4-6-10-22)15-19-37(20-16-32)26-21-25(35-36-28(26)33)24-11-7-8-12-27(24)39/h4-12,21,23,39H,13-20H2,1-3H3,(H2,33,36)(H,34,41). The molecule has 10 nitrogen and oxygen atoms in total. The van der Waals surface area contributed by atoms with Crippen LogP contribution in [-0.4, -0.2) is 70.0 Å². The molecule has 0 atom stereocenters. The van der Waals surface area contributed by atoms with Crippen molar-refractivity contribution in [1.82, 2.24) is 20.4 Å². The molecule has 0 bridgehead atoms. The first kappa shape index (κ1) is 29.2. The number of carbonyl (C=O) groups excluding carboxylic acids is 2. The van der Waals surface area contributed by atoms with E-state index < -0.39 is 17.1 Å². The predicted molar refractivity (Wildman–Crippen MR) is 162 cm³/mol. The van der Waals surface area contributed by atoms with Gasteiger partial charge in [0.2, 0.25) is 5.91 Å². The van der Waals surface area contributed by atoms with E-state index in [-0.39, 0.29) is 17.7 Å². The van der Waals surface area contributed by atoms with E-state index in [9.17, 15) is 14.7 Å². The third-order valence-electron chi connectivity index (χ3n) is 8.18. The van der Waals surface area contributed by atoms with E-state index in [4.69, 9.17) is 10.5 Å². The number of likely N-dealkylation sites (tertiary alicyclic amines) is 1. The lowest BCUT2D eigenvalue weighted by molar-refractivity contribution is -0.139. The van der Waals surface area contributed by atoms with Crippen molar-refractivity contribution in [3.63, 3.8) is 0 Å². The van der Waals surface area contributed by atoms with Crippen LogP contribution in [0, 0.1) is 0 Å². The summed E-state index contributed by atoms with van der Waals surface area (Å²) >= 11 is 0. The van der Waals surface area contributed by atoms with Gasteiger partial charge in [-0.25, -0.2) is 4.79 Å². The number of nitrogens with zero attached hydrogens (tertiary/aromatic N) is 4. The smallest absolute Gasteiger partial charge is 0.407 e. The molecule has 2 fully saturated rings. The van der Waals surface area contributed by atoms with Gasteiger partial charge in [-0.1, -0.05) is 42.5 Å². The minimum atomic E-state index is -0.668. The molecule has 2 aliphatic rings. The normalized spacial score (nSPS) is 17.5. The van der Waals surface area contributed by atoms with Gasteiger partial charge < -0.3 is 30.7 Å². The highest BCUT2D eigenvalue weighted by molar-refractivity contribution is 5.89. The summed E-state index contributed by atoms with van der Waals surface area (Å²) in [6, 6.07) is 18.9. The monoisotopic (exact) mass is 572 g/mol. The van der Waals surface area contributed by atoms with E-state index in [0.717, 1.165) is 11.3 Å². The summed E-state index contributed by atoms with van der Waals surface area (Å²) in [5.74, 6) is 0.562. The Morgan fingerprint density at radius 1 is 0.976 bits per heavy atom. The predicted octanol–water partition coefficient (Wildman–Crippen LogP) is 4.49. The molecular weight excluding hydrogens is 532 g/mol. The third kappa shape index (κ3) is 6.27. The number of alkyl carbamates (subject to hydrolysis) is 1. The molecule has 42 heavy (non-hydrogen) atoms. The van der Waals surface area contributed by atoms with Crippen molar-refractivity contribution in [1.29, 1.82) is 0 Å². The van der Waals surface area contributed by atoms with Crippen LogP contribution in [0.5, 0.6) is 5.75 Å². The largest absolute Gasteiger partial charge is 0.507 e. The molecule has 3 heterocycles. The molecule has 2 aliphatic heterocycles. The first-order chi connectivity index (χ1) is 20.1. The van der Waals surface area contributed by atoms with E-state index in [1.807, 2.05) is 68.1 Å². The number of aromatic hydroxyl groups is 1. The van der Waals surface area contributed by atoms with Crippen LogP contribution in [0.2, 0.25) is 0 Å². The molecule has 10 heteroatoms. The fraction of sp³-hybridized carbons (Fsp3) is 0.438. The van der Waals surface area contributed by atoms with Crippen LogP contribution in [0.4, 0.5) is 16.3 Å². The second-order valence-electron chi connectivity index (χ2n) is 12.2. The Morgan fingerprint density at radius 3 is 2.26 bits per heavy atom. The first-order valence-electron chi connectivity index (χ1n) is 14.6. The molecule has 0 unspecified atom stereocenters. The highest BCUT2D eigenvalue weighted by atomic mass is 16.6. The summed E-state index contributed by atoms with van der Waals surface area (Å²) < 4.78 is 5.41. The Labute approximate surface area is 246 Å². The van der Waals surface area contributed by atoms with Crippen molar-refractivity contribution in [2.24, 2.45) is 0 Å². The molecule has 5 rings (SSSR count). The van der Waals surface area contributed by atoms with Gasteiger partial charge in [0.1, 0.15) is 11.4 Å².